The van der Waals surface area contributed by atoms with Crippen molar-refractivity contribution in [3.63, 3.8) is 0 Å². The van der Waals surface area contributed by atoms with E-state index in [4.69, 9.17) is 4.74 Å². The average Bonchev–Trinajstić information content (AvgIpc) is 2.74. The predicted molar refractivity (Wildman–Crippen MR) is 88.5 cm³/mol. The molecule has 2 aromatic heterocycles. The monoisotopic (exact) mass is 296 g/mol. The van der Waals surface area contributed by atoms with Crippen molar-refractivity contribution in [1.29, 1.82) is 0 Å². The topological polar surface area (TPSA) is 55.0 Å². The van der Waals surface area contributed by atoms with E-state index in [0.717, 1.165) is 33.1 Å². The van der Waals surface area contributed by atoms with Crippen LogP contribution in [0.3, 0.4) is 0 Å². The highest BCUT2D eigenvalue weighted by molar-refractivity contribution is 6.10. The molecule has 0 saturated heterocycles. The quantitative estimate of drug-likeness (QED) is 0.723. The Bertz CT molecular complexity index is 907. The van der Waals surface area contributed by atoms with Crippen molar-refractivity contribution < 1.29 is 9.53 Å². The summed E-state index contributed by atoms with van der Waals surface area (Å²) < 4.78 is 5.15. The number of pyridine rings is 1. The van der Waals surface area contributed by atoms with Crippen LogP contribution in [0.15, 0.2) is 12.1 Å². The van der Waals surface area contributed by atoms with Crippen LogP contribution in [0.5, 0.6) is 0 Å². The normalized spacial score (nSPS) is 11.3. The maximum absolute atomic E-state index is 12.2. The van der Waals surface area contributed by atoms with Crippen LogP contribution in [0, 0.1) is 27.7 Å². The molecular weight excluding hydrogens is 276 g/mol. The fourth-order valence-electron chi connectivity index (χ4n) is 3.00. The predicted octanol–water partition coefficient (Wildman–Crippen LogP) is 4.13. The number of aromatic nitrogens is 2. The number of benzene rings is 1. The summed E-state index contributed by atoms with van der Waals surface area (Å²) in [6.07, 6.45) is 0. The van der Waals surface area contributed by atoms with Crippen molar-refractivity contribution in [2.75, 3.05) is 6.61 Å². The van der Waals surface area contributed by atoms with Crippen LogP contribution in [0.2, 0.25) is 0 Å². The highest BCUT2D eigenvalue weighted by Crippen LogP contribution is 2.32. The second-order valence-electron chi connectivity index (χ2n) is 5.73. The molecule has 22 heavy (non-hydrogen) atoms. The Morgan fingerprint density at radius 2 is 1.95 bits per heavy atom. The minimum absolute atomic E-state index is 0.311. The molecule has 1 aromatic carbocycles. The van der Waals surface area contributed by atoms with Gasteiger partial charge in [-0.1, -0.05) is 0 Å². The van der Waals surface area contributed by atoms with Crippen molar-refractivity contribution >= 4 is 27.8 Å². The zero-order chi connectivity index (χ0) is 16.0. The van der Waals surface area contributed by atoms with Crippen molar-refractivity contribution in [3.8, 4) is 0 Å². The Morgan fingerprint density at radius 1 is 1.23 bits per heavy atom. The fourth-order valence-corrected chi connectivity index (χ4v) is 3.00. The molecule has 3 rings (SSSR count). The number of aromatic amines is 1. The standard InChI is InChI=1S/C18H20N2O2/c1-6-22-18(21)13-8-14-16-10(3)11(4)19-15(16)7-9(2)17(14)20-12(13)5/h7-8,19H,6H2,1-5H3. The summed E-state index contributed by atoms with van der Waals surface area (Å²) in [5.74, 6) is -0.311. The molecule has 2 heterocycles. The van der Waals surface area contributed by atoms with Gasteiger partial charge in [-0.05, 0) is 57.9 Å². The summed E-state index contributed by atoms with van der Waals surface area (Å²) in [5.41, 5.74) is 6.71. The Balaban J connectivity index is 2.42. The van der Waals surface area contributed by atoms with Crippen LogP contribution in [0.4, 0.5) is 0 Å². The van der Waals surface area contributed by atoms with Gasteiger partial charge in [0.05, 0.1) is 23.4 Å². The summed E-state index contributed by atoms with van der Waals surface area (Å²) in [5, 5.41) is 2.14. The van der Waals surface area contributed by atoms with Crippen molar-refractivity contribution in [2.24, 2.45) is 0 Å². The maximum atomic E-state index is 12.2. The van der Waals surface area contributed by atoms with E-state index in [2.05, 4.69) is 29.9 Å². The van der Waals surface area contributed by atoms with Gasteiger partial charge in [-0.15, -0.1) is 0 Å². The molecule has 0 spiro atoms. The lowest BCUT2D eigenvalue weighted by Gasteiger charge is -2.10. The van der Waals surface area contributed by atoms with Gasteiger partial charge in [0.1, 0.15) is 0 Å². The van der Waals surface area contributed by atoms with E-state index in [1.54, 1.807) is 0 Å². The number of ether oxygens (including phenoxy) is 1. The first-order valence-electron chi connectivity index (χ1n) is 7.51. The number of nitrogens with one attached hydrogen (secondary N) is 1. The third-order valence-electron chi connectivity index (χ3n) is 4.24. The van der Waals surface area contributed by atoms with Gasteiger partial charge < -0.3 is 9.72 Å². The van der Waals surface area contributed by atoms with Gasteiger partial charge in [0.15, 0.2) is 0 Å². The number of hydrogen-bond acceptors (Lipinski definition) is 3. The molecule has 4 heteroatoms. The molecule has 114 valence electrons. The summed E-state index contributed by atoms with van der Waals surface area (Å²) in [6.45, 7) is 10.2. The van der Waals surface area contributed by atoms with Crippen LogP contribution in [-0.2, 0) is 4.74 Å². The first kappa shape index (κ1) is 14.6. The van der Waals surface area contributed by atoms with E-state index in [0.29, 0.717) is 17.9 Å². The first-order chi connectivity index (χ1) is 10.4. The molecule has 0 radical (unpaired) electrons. The van der Waals surface area contributed by atoms with E-state index in [-0.39, 0.29) is 5.97 Å². The smallest absolute Gasteiger partial charge is 0.339 e. The number of rotatable bonds is 2. The van der Waals surface area contributed by atoms with E-state index >= 15 is 0 Å². The second-order valence-corrected chi connectivity index (χ2v) is 5.73. The van der Waals surface area contributed by atoms with Crippen molar-refractivity contribution in [1.82, 2.24) is 9.97 Å². The highest BCUT2D eigenvalue weighted by atomic mass is 16.5. The van der Waals surface area contributed by atoms with Crippen molar-refractivity contribution in [2.45, 2.75) is 34.6 Å². The van der Waals surface area contributed by atoms with Gasteiger partial charge in [-0.25, -0.2) is 4.79 Å². The molecule has 0 fully saturated rings. The van der Waals surface area contributed by atoms with Crippen molar-refractivity contribution in [3.05, 3.63) is 40.2 Å². The van der Waals surface area contributed by atoms with Crippen LogP contribution in [0.25, 0.3) is 21.8 Å². The molecule has 0 aliphatic rings. The lowest BCUT2D eigenvalue weighted by molar-refractivity contribution is 0.0525. The highest BCUT2D eigenvalue weighted by Gasteiger charge is 2.17. The molecule has 4 nitrogen and oxygen atoms in total. The van der Waals surface area contributed by atoms with E-state index in [1.807, 2.05) is 26.8 Å². The zero-order valence-corrected chi connectivity index (χ0v) is 13.6. The summed E-state index contributed by atoms with van der Waals surface area (Å²) in [7, 11) is 0. The zero-order valence-electron chi connectivity index (χ0n) is 13.6. The van der Waals surface area contributed by atoms with E-state index in [1.165, 1.54) is 5.56 Å². The Kier molecular flexibility index (Phi) is 3.39. The minimum Gasteiger partial charge on any atom is -0.462 e. The van der Waals surface area contributed by atoms with E-state index in [9.17, 15) is 4.79 Å². The lowest BCUT2D eigenvalue weighted by Crippen LogP contribution is -2.08. The van der Waals surface area contributed by atoms with Gasteiger partial charge in [0.2, 0.25) is 0 Å². The molecular formula is C18H20N2O2. The number of carbonyl (C=O) groups excluding carboxylic acids is 1. The van der Waals surface area contributed by atoms with Gasteiger partial charge in [-0.3, -0.25) is 4.98 Å². The third kappa shape index (κ3) is 2.06. The number of nitrogens with zero attached hydrogens (tertiary/aromatic N) is 1. The Labute approximate surface area is 129 Å². The summed E-state index contributed by atoms with van der Waals surface area (Å²) in [4.78, 5) is 20.2. The Morgan fingerprint density at radius 3 is 2.64 bits per heavy atom. The SMILES string of the molecule is CCOC(=O)c1cc2c(nc1C)c(C)cc1[nH]c(C)c(C)c12. The molecule has 0 saturated carbocycles. The molecule has 0 bridgehead atoms. The van der Waals surface area contributed by atoms with Crippen LogP contribution < -0.4 is 0 Å². The number of esters is 1. The molecule has 0 atom stereocenters. The molecule has 3 aromatic rings. The van der Waals surface area contributed by atoms with Gasteiger partial charge >= 0.3 is 5.97 Å². The van der Waals surface area contributed by atoms with Crippen LogP contribution >= 0.6 is 0 Å². The summed E-state index contributed by atoms with van der Waals surface area (Å²) >= 11 is 0. The second kappa shape index (κ2) is 5.13. The fraction of sp³-hybridized carbons (Fsp3) is 0.333. The average molecular weight is 296 g/mol. The molecule has 0 unspecified atom stereocenters. The molecule has 0 amide bonds. The number of aryl methyl sites for hydroxylation is 4. The minimum atomic E-state index is -0.311. The largest absolute Gasteiger partial charge is 0.462 e. The number of carbonyl (C=O) groups is 1. The molecule has 0 aliphatic carbocycles. The number of hydrogen-bond donors (Lipinski definition) is 1. The van der Waals surface area contributed by atoms with Crippen LogP contribution in [0.1, 0.15) is 39.8 Å². The van der Waals surface area contributed by atoms with Gasteiger partial charge in [-0.2, -0.15) is 0 Å². The van der Waals surface area contributed by atoms with Gasteiger partial charge in [0.25, 0.3) is 0 Å². The van der Waals surface area contributed by atoms with Crippen LogP contribution in [-0.4, -0.2) is 22.5 Å². The molecule has 1 N–H and O–H groups in total. The molecule has 0 aliphatic heterocycles. The number of H-pyrrole nitrogens is 1. The third-order valence-corrected chi connectivity index (χ3v) is 4.24. The van der Waals surface area contributed by atoms with Gasteiger partial charge in [0, 0.05) is 22.0 Å². The first-order valence-corrected chi connectivity index (χ1v) is 7.51. The van der Waals surface area contributed by atoms with E-state index < -0.39 is 0 Å². The number of fused-ring (bicyclic) bond motifs is 3. The Hall–Kier alpha value is -2.36. The maximum Gasteiger partial charge on any atom is 0.339 e. The lowest BCUT2D eigenvalue weighted by atomic mass is 10.0. The summed E-state index contributed by atoms with van der Waals surface area (Å²) in [6, 6.07) is 4.04.